The van der Waals surface area contributed by atoms with Crippen LogP contribution in [0.3, 0.4) is 0 Å². The molecule has 0 bridgehead atoms. The average Bonchev–Trinajstić information content (AvgIpc) is 3.35. The van der Waals surface area contributed by atoms with Crippen molar-refractivity contribution in [3.05, 3.63) is 53.6 Å². The Morgan fingerprint density at radius 3 is 2.68 bits per heavy atom. The summed E-state index contributed by atoms with van der Waals surface area (Å²) in [4.78, 5) is 0. The second-order valence-corrected chi connectivity index (χ2v) is 6.52. The molecule has 0 atom stereocenters. The Hall–Kier alpha value is -2.58. The van der Waals surface area contributed by atoms with E-state index in [1.54, 1.807) is 18.4 Å². The predicted molar refractivity (Wildman–Crippen MR) is 93.0 cm³/mol. The van der Waals surface area contributed by atoms with Crippen LogP contribution in [-0.4, -0.2) is 25.0 Å². The highest BCUT2D eigenvalue weighted by atomic mass is 35.5. The molecular weight excluding hydrogens is 362 g/mol. The van der Waals surface area contributed by atoms with Gasteiger partial charge >= 0.3 is 0 Å². The number of aromatic nitrogens is 5. The van der Waals surface area contributed by atoms with Gasteiger partial charge in [-0.15, -0.1) is 20.4 Å². The van der Waals surface area contributed by atoms with Gasteiger partial charge < -0.3 is 13.4 Å². The van der Waals surface area contributed by atoms with Crippen molar-refractivity contribution in [1.29, 1.82) is 0 Å². The third-order valence-electron chi connectivity index (χ3n) is 3.46. The summed E-state index contributed by atoms with van der Waals surface area (Å²) < 4.78 is 12.7. The largest absolute Gasteiger partial charge is 0.459 e. The molecule has 0 aliphatic heterocycles. The molecule has 3 aromatic heterocycles. The molecule has 1 aromatic carbocycles. The highest BCUT2D eigenvalue weighted by molar-refractivity contribution is 7.98. The van der Waals surface area contributed by atoms with Gasteiger partial charge in [0.25, 0.3) is 5.89 Å². The summed E-state index contributed by atoms with van der Waals surface area (Å²) in [6, 6.07) is 11.0. The number of rotatable bonds is 5. The van der Waals surface area contributed by atoms with Crippen molar-refractivity contribution in [3.8, 4) is 23.0 Å². The molecule has 4 rings (SSSR count). The van der Waals surface area contributed by atoms with E-state index in [0.717, 1.165) is 16.5 Å². The van der Waals surface area contributed by atoms with E-state index in [0.29, 0.717) is 28.3 Å². The van der Waals surface area contributed by atoms with Gasteiger partial charge in [-0.25, -0.2) is 0 Å². The molecule has 7 nitrogen and oxygen atoms in total. The molecule has 126 valence electrons. The van der Waals surface area contributed by atoms with Crippen molar-refractivity contribution in [1.82, 2.24) is 25.0 Å². The van der Waals surface area contributed by atoms with Crippen LogP contribution in [0.25, 0.3) is 23.0 Å². The van der Waals surface area contributed by atoms with E-state index in [1.807, 2.05) is 35.9 Å². The standard InChI is InChI=1S/C16H12ClN5O2S/c1-22-14(10-4-6-11(17)7-5-10)19-21-16(22)25-9-13-18-20-15(24-13)12-3-2-8-23-12/h2-8H,9H2,1H3. The number of furan rings is 1. The minimum Gasteiger partial charge on any atom is -0.459 e. The Morgan fingerprint density at radius 2 is 1.92 bits per heavy atom. The van der Waals surface area contributed by atoms with Gasteiger partial charge in [0.1, 0.15) is 0 Å². The molecule has 0 spiro atoms. The van der Waals surface area contributed by atoms with Gasteiger partial charge in [0.2, 0.25) is 5.89 Å². The van der Waals surface area contributed by atoms with Crippen LogP contribution in [0.2, 0.25) is 5.02 Å². The number of hydrogen-bond donors (Lipinski definition) is 0. The first kappa shape index (κ1) is 15.9. The number of thioether (sulfide) groups is 1. The third kappa shape index (κ3) is 3.31. The highest BCUT2D eigenvalue weighted by Gasteiger charge is 2.14. The topological polar surface area (TPSA) is 82.8 Å². The maximum absolute atomic E-state index is 5.92. The zero-order valence-corrected chi connectivity index (χ0v) is 14.7. The highest BCUT2D eigenvalue weighted by Crippen LogP contribution is 2.26. The summed E-state index contributed by atoms with van der Waals surface area (Å²) in [7, 11) is 1.91. The monoisotopic (exact) mass is 373 g/mol. The Bertz CT molecular complexity index is 979. The summed E-state index contributed by atoms with van der Waals surface area (Å²) in [6.07, 6.45) is 1.56. The van der Waals surface area contributed by atoms with Crippen LogP contribution in [0.1, 0.15) is 5.89 Å². The molecule has 0 aliphatic rings. The zero-order valence-electron chi connectivity index (χ0n) is 13.1. The van der Waals surface area contributed by atoms with Gasteiger partial charge in [0.05, 0.1) is 12.0 Å². The Morgan fingerprint density at radius 1 is 1.08 bits per heavy atom. The molecule has 4 aromatic rings. The predicted octanol–water partition coefficient (Wildman–Crippen LogP) is 4.07. The molecule has 0 amide bonds. The van der Waals surface area contributed by atoms with Gasteiger partial charge in [-0.2, -0.15) is 0 Å². The zero-order chi connectivity index (χ0) is 17.2. The van der Waals surface area contributed by atoms with Gasteiger partial charge in [0, 0.05) is 17.6 Å². The van der Waals surface area contributed by atoms with Gasteiger partial charge in [-0.1, -0.05) is 23.4 Å². The summed E-state index contributed by atoms with van der Waals surface area (Å²) >= 11 is 7.39. The molecule has 3 heterocycles. The molecule has 0 saturated carbocycles. The van der Waals surface area contributed by atoms with Crippen molar-refractivity contribution >= 4 is 23.4 Å². The molecule has 0 radical (unpaired) electrons. The summed E-state index contributed by atoms with van der Waals surface area (Å²) in [5.41, 5.74) is 0.948. The van der Waals surface area contributed by atoms with E-state index in [1.165, 1.54) is 11.8 Å². The van der Waals surface area contributed by atoms with Crippen LogP contribution < -0.4 is 0 Å². The lowest BCUT2D eigenvalue weighted by Gasteiger charge is -2.03. The summed E-state index contributed by atoms with van der Waals surface area (Å²) in [5, 5.41) is 17.9. The minimum absolute atomic E-state index is 0.361. The first-order valence-corrected chi connectivity index (χ1v) is 8.71. The third-order valence-corrected chi connectivity index (χ3v) is 4.72. The molecule has 0 fully saturated rings. The Labute approximate surface area is 152 Å². The van der Waals surface area contributed by atoms with Crippen LogP contribution in [0.4, 0.5) is 0 Å². The fourth-order valence-corrected chi connectivity index (χ4v) is 3.10. The number of benzene rings is 1. The smallest absolute Gasteiger partial charge is 0.283 e. The van der Waals surface area contributed by atoms with E-state index in [2.05, 4.69) is 20.4 Å². The Kier molecular flexibility index (Phi) is 4.29. The molecule has 0 saturated heterocycles. The molecule has 9 heteroatoms. The minimum atomic E-state index is 0.361. The van der Waals surface area contributed by atoms with E-state index in [4.69, 9.17) is 20.4 Å². The fraction of sp³-hybridized carbons (Fsp3) is 0.125. The number of halogens is 1. The lowest BCUT2D eigenvalue weighted by atomic mass is 10.2. The number of nitrogens with zero attached hydrogens (tertiary/aromatic N) is 5. The first-order valence-electron chi connectivity index (χ1n) is 7.35. The van der Waals surface area contributed by atoms with Gasteiger partial charge in [-0.05, 0) is 36.4 Å². The van der Waals surface area contributed by atoms with Crippen LogP contribution in [0.15, 0.2) is 56.7 Å². The van der Waals surface area contributed by atoms with Gasteiger partial charge in [-0.3, -0.25) is 0 Å². The van der Waals surface area contributed by atoms with Crippen molar-refractivity contribution in [2.24, 2.45) is 7.05 Å². The van der Waals surface area contributed by atoms with Crippen molar-refractivity contribution < 1.29 is 8.83 Å². The SMILES string of the molecule is Cn1c(SCc2nnc(-c3ccco3)o2)nnc1-c1ccc(Cl)cc1. The van der Waals surface area contributed by atoms with E-state index >= 15 is 0 Å². The van der Waals surface area contributed by atoms with Crippen LogP contribution in [0.5, 0.6) is 0 Å². The quantitative estimate of drug-likeness (QED) is 0.487. The van der Waals surface area contributed by atoms with Crippen LogP contribution in [0, 0.1) is 0 Å². The summed E-state index contributed by atoms with van der Waals surface area (Å²) in [6.45, 7) is 0. The number of hydrogen-bond acceptors (Lipinski definition) is 7. The summed E-state index contributed by atoms with van der Waals surface area (Å²) in [5.74, 6) is 2.65. The van der Waals surface area contributed by atoms with E-state index in [9.17, 15) is 0 Å². The molecule has 25 heavy (non-hydrogen) atoms. The van der Waals surface area contributed by atoms with Gasteiger partial charge in [0.15, 0.2) is 16.7 Å². The lowest BCUT2D eigenvalue weighted by molar-refractivity contribution is 0.494. The first-order chi connectivity index (χ1) is 12.2. The molecule has 0 aliphatic carbocycles. The van der Waals surface area contributed by atoms with Crippen LogP contribution in [-0.2, 0) is 12.8 Å². The lowest BCUT2D eigenvalue weighted by Crippen LogP contribution is -1.95. The molecular formula is C16H12ClN5O2S. The maximum atomic E-state index is 5.92. The van der Waals surface area contributed by atoms with E-state index in [-0.39, 0.29) is 0 Å². The van der Waals surface area contributed by atoms with Crippen molar-refractivity contribution in [2.45, 2.75) is 10.9 Å². The van der Waals surface area contributed by atoms with Crippen molar-refractivity contribution in [2.75, 3.05) is 0 Å². The van der Waals surface area contributed by atoms with Crippen LogP contribution >= 0.6 is 23.4 Å². The maximum Gasteiger partial charge on any atom is 0.283 e. The van der Waals surface area contributed by atoms with Crippen molar-refractivity contribution in [3.63, 3.8) is 0 Å². The Balaban J connectivity index is 1.48. The second kappa shape index (κ2) is 6.73. The molecule has 0 N–H and O–H groups in total. The second-order valence-electron chi connectivity index (χ2n) is 5.14. The molecule has 0 unspecified atom stereocenters. The average molecular weight is 374 g/mol. The normalized spacial score (nSPS) is 11.1. The van der Waals surface area contributed by atoms with E-state index < -0.39 is 0 Å². The fourth-order valence-electron chi connectivity index (χ4n) is 2.23.